The zero-order valence-corrected chi connectivity index (χ0v) is 6.28. The molecular weight excluding hydrogens is 146 g/mol. The van der Waals surface area contributed by atoms with Crippen molar-refractivity contribution in [3.05, 3.63) is 7.05 Å². The standard InChI is InChI=1S/C7H10NO3/c1-8(2)5(7(10)11)3-4-6(8)9/h1,5H,3-4H2,2H3,(H,10,11)/q+1. The van der Waals surface area contributed by atoms with Gasteiger partial charge in [0, 0.05) is 6.42 Å². The molecule has 0 saturated carbocycles. The zero-order valence-electron chi connectivity index (χ0n) is 6.28. The molecule has 0 aliphatic carbocycles. The molecule has 4 nitrogen and oxygen atoms in total. The van der Waals surface area contributed by atoms with Crippen molar-refractivity contribution in [1.29, 1.82) is 0 Å². The second-order valence-corrected chi connectivity index (χ2v) is 2.93. The van der Waals surface area contributed by atoms with Gasteiger partial charge in [-0.3, -0.25) is 0 Å². The summed E-state index contributed by atoms with van der Waals surface area (Å²) in [5.74, 6) is -1.21. The van der Waals surface area contributed by atoms with E-state index in [0.29, 0.717) is 6.42 Å². The fourth-order valence-electron chi connectivity index (χ4n) is 1.30. The van der Waals surface area contributed by atoms with Crippen molar-refractivity contribution in [2.45, 2.75) is 18.9 Å². The third-order valence-electron chi connectivity index (χ3n) is 2.10. The molecule has 1 saturated heterocycles. The van der Waals surface area contributed by atoms with Crippen LogP contribution in [0, 0.1) is 7.05 Å². The number of carboxylic acids is 1. The van der Waals surface area contributed by atoms with Gasteiger partial charge < -0.3 is 5.11 Å². The molecular formula is C7H10NO3+. The number of quaternary nitrogens is 1. The van der Waals surface area contributed by atoms with Crippen LogP contribution in [0.4, 0.5) is 0 Å². The number of aliphatic carboxylic acids is 1. The predicted octanol–water partition coefficient (Wildman–Crippen LogP) is -0.125. The molecule has 2 unspecified atom stereocenters. The van der Waals surface area contributed by atoms with Gasteiger partial charge >= 0.3 is 11.9 Å². The maximum atomic E-state index is 11.0. The minimum atomic E-state index is -0.999. The topological polar surface area (TPSA) is 54.4 Å². The number of carbonyl (C=O) groups is 2. The Morgan fingerprint density at radius 2 is 2.36 bits per heavy atom. The molecule has 0 spiro atoms. The highest BCUT2D eigenvalue weighted by Gasteiger charge is 2.47. The molecule has 0 bridgehead atoms. The molecule has 1 rings (SSSR count). The molecule has 0 aromatic carbocycles. The van der Waals surface area contributed by atoms with Gasteiger partial charge in [0.15, 0.2) is 6.04 Å². The first-order chi connectivity index (χ1) is 4.96. The van der Waals surface area contributed by atoms with Crippen LogP contribution in [0.1, 0.15) is 12.8 Å². The predicted molar refractivity (Wildman–Crippen MR) is 36.1 cm³/mol. The van der Waals surface area contributed by atoms with Crippen LogP contribution >= 0.6 is 0 Å². The summed E-state index contributed by atoms with van der Waals surface area (Å²) in [6.07, 6.45) is 0.616. The maximum Gasteiger partial charge on any atom is 0.363 e. The lowest BCUT2D eigenvalue weighted by Crippen LogP contribution is -2.49. The lowest BCUT2D eigenvalue weighted by atomic mass is 10.2. The van der Waals surface area contributed by atoms with Gasteiger partial charge in [-0.15, -0.1) is 0 Å². The van der Waals surface area contributed by atoms with Crippen molar-refractivity contribution >= 4 is 11.9 Å². The van der Waals surface area contributed by atoms with Crippen molar-refractivity contribution in [1.82, 2.24) is 0 Å². The molecule has 1 aliphatic heterocycles. The van der Waals surface area contributed by atoms with E-state index >= 15 is 0 Å². The van der Waals surface area contributed by atoms with Gasteiger partial charge in [-0.25, -0.2) is 14.1 Å². The molecule has 4 heteroatoms. The van der Waals surface area contributed by atoms with Crippen LogP contribution in [0.25, 0.3) is 0 Å². The first-order valence-electron chi connectivity index (χ1n) is 3.37. The van der Waals surface area contributed by atoms with E-state index in [4.69, 9.17) is 12.2 Å². The van der Waals surface area contributed by atoms with Gasteiger partial charge in [-0.05, 0) is 0 Å². The monoisotopic (exact) mass is 156 g/mol. The van der Waals surface area contributed by atoms with Crippen LogP contribution in [-0.4, -0.2) is 34.6 Å². The summed E-state index contributed by atoms with van der Waals surface area (Å²) in [7, 11) is 6.90. The van der Waals surface area contributed by atoms with Gasteiger partial charge in [0.25, 0.3) is 0 Å². The highest BCUT2D eigenvalue weighted by atomic mass is 16.4. The first-order valence-corrected chi connectivity index (χ1v) is 3.37. The summed E-state index contributed by atoms with van der Waals surface area (Å²) >= 11 is 0. The van der Waals surface area contributed by atoms with Crippen molar-refractivity contribution in [3.63, 3.8) is 0 Å². The summed E-state index contributed by atoms with van der Waals surface area (Å²) in [6.45, 7) is 0. The Labute approximate surface area is 65.0 Å². The quantitative estimate of drug-likeness (QED) is 0.538. The number of carboxylic acid groups (broad SMARTS) is 1. The van der Waals surface area contributed by atoms with Gasteiger partial charge in [0.05, 0.1) is 13.5 Å². The van der Waals surface area contributed by atoms with E-state index in [9.17, 15) is 9.59 Å². The number of amides is 1. The number of hydrogen-bond donors (Lipinski definition) is 1. The molecule has 0 aromatic rings. The van der Waals surface area contributed by atoms with Crippen LogP contribution < -0.4 is 0 Å². The van der Waals surface area contributed by atoms with Crippen LogP contribution in [0.2, 0.25) is 0 Å². The molecule has 1 N–H and O–H groups in total. The van der Waals surface area contributed by atoms with E-state index < -0.39 is 16.5 Å². The Morgan fingerprint density at radius 1 is 1.82 bits per heavy atom. The van der Waals surface area contributed by atoms with Gasteiger partial charge in [0.2, 0.25) is 7.05 Å². The first kappa shape index (κ1) is 8.20. The number of carbonyl (C=O) groups excluding carboxylic acids is 1. The Kier molecular flexibility index (Phi) is 1.72. The van der Waals surface area contributed by atoms with E-state index in [1.165, 1.54) is 7.05 Å². The lowest BCUT2D eigenvalue weighted by molar-refractivity contribution is -0.797. The van der Waals surface area contributed by atoms with E-state index in [0.717, 1.165) is 0 Å². The van der Waals surface area contributed by atoms with E-state index in [2.05, 4.69) is 0 Å². The highest BCUT2D eigenvalue weighted by Crippen LogP contribution is 2.24. The molecule has 1 amide bonds. The van der Waals surface area contributed by atoms with Crippen LogP contribution in [0.5, 0.6) is 0 Å². The summed E-state index contributed by atoms with van der Waals surface area (Å²) in [5, 5.41) is 8.62. The fourth-order valence-corrected chi connectivity index (χ4v) is 1.30. The Hall–Kier alpha value is -0.900. The minimum Gasteiger partial charge on any atom is -0.477 e. The molecule has 0 aromatic heterocycles. The molecule has 2 radical (unpaired) electrons. The molecule has 1 fully saturated rings. The van der Waals surface area contributed by atoms with Gasteiger partial charge in [-0.2, -0.15) is 0 Å². The van der Waals surface area contributed by atoms with Crippen LogP contribution in [0.3, 0.4) is 0 Å². The molecule has 2 atom stereocenters. The van der Waals surface area contributed by atoms with Crippen LogP contribution in [0.15, 0.2) is 0 Å². The number of rotatable bonds is 1. The maximum absolute atomic E-state index is 11.0. The number of nitrogens with zero attached hydrogens (tertiary/aromatic N) is 1. The summed E-state index contributed by atoms with van der Waals surface area (Å²) in [6, 6.07) is -0.762. The lowest BCUT2D eigenvalue weighted by Gasteiger charge is -2.23. The number of hydrogen-bond acceptors (Lipinski definition) is 2. The third-order valence-corrected chi connectivity index (χ3v) is 2.10. The van der Waals surface area contributed by atoms with Crippen molar-refractivity contribution in [3.8, 4) is 0 Å². The molecule has 60 valence electrons. The van der Waals surface area contributed by atoms with Crippen molar-refractivity contribution in [2.24, 2.45) is 0 Å². The summed E-state index contributed by atoms with van der Waals surface area (Å²) in [5.41, 5.74) is 0. The third kappa shape index (κ3) is 1.14. The SMILES string of the molecule is [CH][N+]1(C)C(=O)CCC1C(=O)O. The second kappa shape index (κ2) is 2.30. The average molecular weight is 156 g/mol. The number of likely N-dealkylation sites (tertiary alicyclic amines) is 1. The molecule has 1 heterocycles. The van der Waals surface area contributed by atoms with E-state index in [-0.39, 0.29) is 12.3 Å². The molecule has 11 heavy (non-hydrogen) atoms. The number of likely N-dealkylation sites (N-methyl/N-ethyl adjacent to an activating group) is 1. The largest absolute Gasteiger partial charge is 0.477 e. The minimum absolute atomic E-state index is 0.211. The summed E-state index contributed by atoms with van der Waals surface area (Å²) < 4.78 is -0.505. The Balaban J connectivity index is 2.87. The zero-order chi connectivity index (χ0) is 8.65. The highest BCUT2D eigenvalue weighted by molar-refractivity contribution is 5.81. The van der Waals surface area contributed by atoms with Gasteiger partial charge in [-0.1, -0.05) is 0 Å². The Bertz CT molecular complexity index is 210. The fraction of sp³-hybridized carbons (Fsp3) is 0.571. The summed E-state index contributed by atoms with van der Waals surface area (Å²) in [4.78, 5) is 21.5. The average Bonchev–Trinajstić information content (AvgIpc) is 2.08. The Morgan fingerprint density at radius 3 is 2.55 bits per heavy atom. The molecule has 1 aliphatic rings. The van der Waals surface area contributed by atoms with Crippen LogP contribution in [-0.2, 0) is 9.59 Å². The van der Waals surface area contributed by atoms with E-state index in [1.807, 2.05) is 0 Å². The normalized spacial score (nSPS) is 28.9. The second-order valence-electron chi connectivity index (χ2n) is 2.93. The van der Waals surface area contributed by atoms with Crippen molar-refractivity contribution < 1.29 is 19.2 Å². The smallest absolute Gasteiger partial charge is 0.363 e. The van der Waals surface area contributed by atoms with Gasteiger partial charge in [0.1, 0.15) is 0 Å². The van der Waals surface area contributed by atoms with E-state index in [1.54, 1.807) is 0 Å². The van der Waals surface area contributed by atoms with Crippen molar-refractivity contribution in [2.75, 3.05) is 7.05 Å².